The number of hydrogen-bond donors (Lipinski definition) is 2. The summed E-state index contributed by atoms with van der Waals surface area (Å²) in [5, 5.41) is 8.93. The normalized spacial score (nSPS) is 12.0. The van der Waals surface area contributed by atoms with Gasteiger partial charge < -0.3 is 15.5 Å². The topological polar surface area (TPSA) is 56.7 Å². The van der Waals surface area contributed by atoms with Crippen molar-refractivity contribution in [1.82, 2.24) is 15.5 Å². The molecule has 152 valence electrons. The van der Waals surface area contributed by atoms with Crippen LogP contribution in [0.2, 0.25) is 5.02 Å². The average Bonchev–Trinajstić information content (AvgIpc) is 3.13. The zero-order valence-electron chi connectivity index (χ0n) is 16.6. The number of likely N-dealkylation sites (N-methyl/N-ethyl adjacent to an activating group) is 1. The summed E-state index contributed by atoms with van der Waals surface area (Å²) in [5.74, 6) is 0.0903. The lowest BCUT2D eigenvalue weighted by Gasteiger charge is -2.28. The van der Waals surface area contributed by atoms with Crippen LogP contribution in [0.25, 0.3) is 0 Å². The number of nitrogens with one attached hydrogen (secondary N) is 2. The predicted molar refractivity (Wildman–Crippen MR) is 115 cm³/mol. The van der Waals surface area contributed by atoms with Crippen LogP contribution in [0.5, 0.6) is 0 Å². The summed E-state index contributed by atoms with van der Waals surface area (Å²) in [5.41, 5.74) is 0.465. The molecule has 5 nitrogen and oxygen atoms in total. The number of halogens is 2. The predicted octanol–water partition coefficient (Wildman–Crippen LogP) is 3.64. The standard InChI is InChI=1S/C20H26ClFN4OS/c1-20(2,16-8-7-14(22)10-17(16)21)13-25-19(24-12-18(27)26(3)4)23-11-15-6-5-9-28-15/h5-10H,11-13H2,1-4H3,(H2,23,24,25). The van der Waals surface area contributed by atoms with Gasteiger partial charge in [0.1, 0.15) is 12.4 Å². The fourth-order valence-electron chi connectivity index (χ4n) is 2.48. The van der Waals surface area contributed by atoms with Crippen LogP contribution in [0.15, 0.2) is 40.7 Å². The smallest absolute Gasteiger partial charge is 0.243 e. The molecule has 1 amide bonds. The van der Waals surface area contributed by atoms with E-state index in [0.717, 1.165) is 10.4 Å². The molecule has 0 radical (unpaired) electrons. The number of amides is 1. The fourth-order valence-corrected chi connectivity index (χ4v) is 3.55. The van der Waals surface area contributed by atoms with Gasteiger partial charge in [-0.1, -0.05) is 37.6 Å². The lowest BCUT2D eigenvalue weighted by molar-refractivity contribution is -0.127. The van der Waals surface area contributed by atoms with Crippen molar-refractivity contribution < 1.29 is 9.18 Å². The number of aliphatic imine (C=N–C) groups is 1. The Morgan fingerprint density at radius 2 is 2.04 bits per heavy atom. The fraction of sp³-hybridized carbons (Fsp3) is 0.400. The first-order valence-corrected chi connectivity index (χ1v) is 10.1. The molecule has 2 N–H and O–H groups in total. The lowest BCUT2D eigenvalue weighted by Crippen LogP contribution is -2.43. The minimum absolute atomic E-state index is 0.0461. The summed E-state index contributed by atoms with van der Waals surface area (Å²) in [6, 6.07) is 8.44. The van der Waals surface area contributed by atoms with Crippen molar-refractivity contribution in [3.63, 3.8) is 0 Å². The molecule has 0 aliphatic heterocycles. The molecule has 8 heteroatoms. The molecular formula is C20H26ClFN4OS. The van der Waals surface area contributed by atoms with Gasteiger partial charge in [-0.2, -0.15) is 0 Å². The van der Waals surface area contributed by atoms with Crippen LogP contribution >= 0.6 is 22.9 Å². The molecule has 0 aliphatic rings. The van der Waals surface area contributed by atoms with Crippen molar-refractivity contribution in [1.29, 1.82) is 0 Å². The number of hydrogen-bond acceptors (Lipinski definition) is 3. The van der Waals surface area contributed by atoms with Crippen molar-refractivity contribution in [3.05, 3.63) is 57.0 Å². The summed E-state index contributed by atoms with van der Waals surface area (Å²) in [7, 11) is 3.40. The van der Waals surface area contributed by atoms with Gasteiger partial charge in [-0.05, 0) is 29.1 Å². The molecule has 0 saturated carbocycles. The molecule has 2 aromatic rings. The zero-order chi connectivity index (χ0) is 20.7. The second-order valence-electron chi connectivity index (χ2n) is 7.25. The number of carbonyl (C=O) groups excluding carboxylic acids is 1. The minimum Gasteiger partial charge on any atom is -0.356 e. The van der Waals surface area contributed by atoms with Crippen LogP contribution in [0.4, 0.5) is 4.39 Å². The monoisotopic (exact) mass is 424 g/mol. The summed E-state index contributed by atoms with van der Waals surface area (Å²) in [4.78, 5) is 18.9. The molecule has 0 aliphatic carbocycles. The molecule has 1 heterocycles. The van der Waals surface area contributed by atoms with E-state index in [2.05, 4.69) is 15.6 Å². The van der Waals surface area contributed by atoms with Gasteiger partial charge in [0.05, 0.1) is 6.54 Å². The highest BCUT2D eigenvalue weighted by molar-refractivity contribution is 7.09. The van der Waals surface area contributed by atoms with Gasteiger partial charge in [0, 0.05) is 36.0 Å². The Labute approximate surface area is 174 Å². The second-order valence-corrected chi connectivity index (χ2v) is 8.69. The van der Waals surface area contributed by atoms with Crippen LogP contribution in [0.3, 0.4) is 0 Å². The average molecular weight is 425 g/mol. The molecular weight excluding hydrogens is 399 g/mol. The van der Waals surface area contributed by atoms with Gasteiger partial charge in [-0.15, -0.1) is 11.3 Å². The zero-order valence-corrected chi connectivity index (χ0v) is 18.1. The molecule has 0 bridgehead atoms. The molecule has 2 rings (SSSR count). The Kier molecular flexibility index (Phi) is 7.83. The van der Waals surface area contributed by atoms with Gasteiger partial charge in [0.2, 0.25) is 5.91 Å². The van der Waals surface area contributed by atoms with Crippen LogP contribution in [0.1, 0.15) is 24.3 Å². The van der Waals surface area contributed by atoms with Crippen molar-refractivity contribution in [2.75, 3.05) is 27.2 Å². The van der Waals surface area contributed by atoms with E-state index in [-0.39, 0.29) is 23.7 Å². The Morgan fingerprint density at radius 3 is 2.64 bits per heavy atom. The van der Waals surface area contributed by atoms with Crippen molar-refractivity contribution in [3.8, 4) is 0 Å². The number of rotatable bonds is 7. The molecule has 0 spiro atoms. The highest BCUT2D eigenvalue weighted by Crippen LogP contribution is 2.29. The maximum Gasteiger partial charge on any atom is 0.243 e. The quantitative estimate of drug-likeness (QED) is 0.527. The van der Waals surface area contributed by atoms with E-state index in [1.165, 1.54) is 17.0 Å². The highest BCUT2D eigenvalue weighted by atomic mass is 35.5. The first-order chi connectivity index (χ1) is 13.2. The molecule has 0 saturated heterocycles. The van der Waals surface area contributed by atoms with Crippen LogP contribution in [-0.2, 0) is 16.8 Å². The van der Waals surface area contributed by atoms with E-state index in [1.807, 2.05) is 31.4 Å². The number of guanidine groups is 1. The third kappa shape index (κ3) is 6.49. The summed E-state index contributed by atoms with van der Waals surface area (Å²) >= 11 is 7.88. The summed E-state index contributed by atoms with van der Waals surface area (Å²) in [6.45, 7) is 5.19. The highest BCUT2D eigenvalue weighted by Gasteiger charge is 2.24. The maximum absolute atomic E-state index is 13.4. The van der Waals surface area contributed by atoms with E-state index in [9.17, 15) is 9.18 Å². The first-order valence-electron chi connectivity index (χ1n) is 8.89. The number of benzene rings is 1. The van der Waals surface area contributed by atoms with Crippen molar-refractivity contribution in [2.45, 2.75) is 25.8 Å². The minimum atomic E-state index is -0.373. The Balaban J connectivity index is 2.09. The third-order valence-electron chi connectivity index (χ3n) is 4.24. The molecule has 1 aromatic heterocycles. The maximum atomic E-state index is 13.4. The van der Waals surface area contributed by atoms with Crippen molar-refractivity contribution >= 4 is 34.8 Å². The van der Waals surface area contributed by atoms with Gasteiger partial charge in [-0.25, -0.2) is 9.38 Å². The number of carbonyl (C=O) groups is 1. The SMILES string of the molecule is CN(C)C(=O)CN=C(NCc1cccs1)NCC(C)(C)c1ccc(F)cc1Cl. The van der Waals surface area contributed by atoms with Gasteiger partial charge in [0.25, 0.3) is 0 Å². The number of thiophene rings is 1. The van der Waals surface area contributed by atoms with Gasteiger partial charge >= 0.3 is 0 Å². The van der Waals surface area contributed by atoms with E-state index >= 15 is 0 Å². The van der Waals surface area contributed by atoms with E-state index in [4.69, 9.17) is 11.6 Å². The van der Waals surface area contributed by atoms with Crippen LogP contribution in [0, 0.1) is 5.82 Å². The summed E-state index contributed by atoms with van der Waals surface area (Å²) < 4.78 is 13.4. The van der Waals surface area contributed by atoms with E-state index < -0.39 is 0 Å². The molecule has 0 unspecified atom stereocenters. The number of nitrogens with zero attached hydrogens (tertiary/aromatic N) is 2. The first kappa shape index (κ1) is 22.2. The third-order valence-corrected chi connectivity index (χ3v) is 5.43. The van der Waals surface area contributed by atoms with Crippen LogP contribution < -0.4 is 10.6 Å². The Bertz CT molecular complexity index is 822. The van der Waals surface area contributed by atoms with Gasteiger partial charge in [0.15, 0.2) is 5.96 Å². The van der Waals surface area contributed by atoms with E-state index in [1.54, 1.807) is 31.5 Å². The lowest BCUT2D eigenvalue weighted by atomic mass is 9.84. The Hall–Kier alpha value is -2.12. The molecule has 28 heavy (non-hydrogen) atoms. The second kappa shape index (κ2) is 9.89. The molecule has 0 fully saturated rings. The van der Waals surface area contributed by atoms with Crippen LogP contribution in [-0.4, -0.2) is 44.0 Å². The Morgan fingerprint density at radius 1 is 1.29 bits per heavy atom. The van der Waals surface area contributed by atoms with Gasteiger partial charge in [-0.3, -0.25) is 4.79 Å². The molecule has 0 atom stereocenters. The summed E-state index contributed by atoms with van der Waals surface area (Å²) in [6.07, 6.45) is 0. The van der Waals surface area contributed by atoms with Crippen molar-refractivity contribution in [2.24, 2.45) is 4.99 Å². The largest absolute Gasteiger partial charge is 0.356 e. The van der Waals surface area contributed by atoms with E-state index in [0.29, 0.717) is 24.1 Å². The molecule has 1 aromatic carbocycles.